The number of allylic oxidation sites excluding steroid dienone is 3. The third-order valence-corrected chi connectivity index (χ3v) is 3.64. The highest BCUT2D eigenvalue weighted by atomic mass is 16.5. The molecule has 0 spiro atoms. The van der Waals surface area contributed by atoms with Crippen LogP contribution in [0, 0.1) is 0 Å². The summed E-state index contributed by atoms with van der Waals surface area (Å²) in [5.74, 6) is 0.139. The summed E-state index contributed by atoms with van der Waals surface area (Å²) in [7, 11) is 0. The van der Waals surface area contributed by atoms with Crippen molar-refractivity contribution in [1.29, 1.82) is 0 Å². The number of hydrogen-bond donors (Lipinski definition) is 1. The van der Waals surface area contributed by atoms with E-state index in [1.807, 2.05) is 6.07 Å². The van der Waals surface area contributed by atoms with Gasteiger partial charge in [-0.3, -0.25) is 0 Å². The van der Waals surface area contributed by atoms with Gasteiger partial charge in [0.05, 0.1) is 0 Å². The first-order chi connectivity index (χ1) is 8.77. The van der Waals surface area contributed by atoms with Crippen LogP contribution in [0.5, 0.6) is 0 Å². The number of benzene rings is 1. The van der Waals surface area contributed by atoms with Crippen LogP contribution in [0.3, 0.4) is 0 Å². The lowest BCUT2D eigenvalue weighted by Gasteiger charge is -2.15. The molecule has 2 N–H and O–H groups in total. The Balaban J connectivity index is 1.99. The summed E-state index contributed by atoms with van der Waals surface area (Å²) in [6.07, 6.45) is 5.78. The molecule has 0 fully saturated rings. The van der Waals surface area contributed by atoms with Crippen molar-refractivity contribution < 1.29 is 9.53 Å². The lowest BCUT2D eigenvalue weighted by molar-refractivity contribution is 0.153. The fourth-order valence-corrected chi connectivity index (χ4v) is 2.89. The zero-order valence-electron chi connectivity index (χ0n) is 10.1. The molecule has 0 heterocycles. The van der Waals surface area contributed by atoms with Gasteiger partial charge < -0.3 is 10.5 Å². The van der Waals surface area contributed by atoms with Crippen LogP contribution in [-0.4, -0.2) is 12.7 Å². The molecule has 1 aromatic carbocycles. The Morgan fingerprint density at radius 2 is 2.22 bits per heavy atom. The fraction of sp³-hybridized carbons (Fsp3) is 0.267. The third kappa shape index (κ3) is 1.72. The van der Waals surface area contributed by atoms with Crippen LogP contribution in [0.2, 0.25) is 0 Å². The molecule has 0 bridgehead atoms. The van der Waals surface area contributed by atoms with E-state index in [1.54, 1.807) is 0 Å². The van der Waals surface area contributed by atoms with Crippen molar-refractivity contribution in [2.24, 2.45) is 5.73 Å². The monoisotopic (exact) mass is 241 g/mol. The second-order valence-corrected chi connectivity index (χ2v) is 4.64. The first kappa shape index (κ1) is 11.1. The number of nitrogens with two attached hydrogens (primary N) is 1. The first-order valence-electron chi connectivity index (χ1n) is 6.18. The van der Waals surface area contributed by atoms with Gasteiger partial charge in [-0.2, -0.15) is 0 Å². The number of primary amides is 1. The van der Waals surface area contributed by atoms with Gasteiger partial charge in [0.1, 0.15) is 6.61 Å². The number of amides is 1. The molecule has 3 heteroatoms. The van der Waals surface area contributed by atoms with Gasteiger partial charge in [0.25, 0.3) is 0 Å². The zero-order chi connectivity index (χ0) is 12.5. The maximum Gasteiger partial charge on any atom is 0.404 e. The number of carbonyl (C=O) groups excluding carboxylic acids is 1. The quantitative estimate of drug-likeness (QED) is 0.865. The predicted octanol–water partition coefficient (Wildman–Crippen LogP) is 2.98. The predicted molar refractivity (Wildman–Crippen MR) is 70.0 cm³/mol. The minimum Gasteiger partial charge on any atom is -0.449 e. The van der Waals surface area contributed by atoms with Gasteiger partial charge in [-0.1, -0.05) is 36.4 Å². The molecule has 0 aliphatic heterocycles. The Labute approximate surface area is 106 Å². The first-order valence-corrected chi connectivity index (χ1v) is 6.18. The SMILES string of the molecule is NC(=O)OCC1C2=C(CCC=C2)c2ccccc21. The molecule has 1 aromatic rings. The lowest BCUT2D eigenvalue weighted by atomic mass is 9.93. The fourth-order valence-electron chi connectivity index (χ4n) is 2.89. The number of rotatable bonds is 2. The van der Waals surface area contributed by atoms with Crippen molar-refractivity contribution in [2.75, 3.05) is 6.61 Å². The van der Waals surface area contributed by atoms with Gasteiger partial charge in [0.2, 0.25) is 0 Å². The van der Waals surface area contributed by atoms with E-state index in [1.165, 1.54) is 22.3 Å². The van der Waals surface area contributed by atoms with Gasteiger partial charge in [0, 0.05) is 5.92 Å². The Morgan fingerprint density at radius 3 is 3.06 bits per heavy atom. The van der Waals surface area contributed by atoms with E-state index in [9.17, 15) is 4.79 Å². The van der Waals surface area contributed by atoms with Gasteiger partial charge in [-0.05, 0) is 35.1 Å². The number of fused-ring (bicyclic) bond motifs is 2. The van der Waals surface area contributed by atoms with E-state index >= 15 is 0 Å². The molecule has 3 nitrogen and oxygen atoms in total. The molecule has 2 aliphatic rings. The summed E-state index contributed by atoms with van der Waals surface area (Å²) in [6, 6.07) is 8.34. The lowest BCUT2D eigenvalue weighted by Crippen LogP contribution is -2.18. The van der Waals surface area contributed by atoms with E-state index in [0.717, 1.165) is 12.8 Å². The van der Waals surface area contributed by atoms with Crippen molar-refractivity contribution in [3.8, 4) is 0 Å². The third-order valence-electron chi connectivity index (χ3n) is 3.64. The van der Waals surface area contributed by atoms with Gasteiger partial charge in [-0.15, -0.1) is 0 Å². The molecular weight excluding hydrogens is 226 g/mol. The zero-order valence-corrected chi connectivity index (χ0v) is 10.1. The molecule has 2 aliphatic carbocycles. The van der Waals surface area contributed by atoms with Crippen LogP contribution >= 0.6 is 0 Å². The Kier molecular flexibility index (Phi) is 2.67. The van der Waals surface area contributed by atoms with Gasteiger partial charge in [0.15, 0.2) is 0 Å². The van der Waals surface area contributed by atoms with Gasteiger partial charge >= 0.3 is 6.09 Å². The van der Waals surface area contributed by atoms with Crippen molar-refractivity contribution in [1.82, 2.24) is 0 Å². The largest absolute Gasteiger partial charge is 0.449 e. The Hall–Kier alpha value is -2.03. The van der Waals surface area contributed by atoms with Crippen LogP contribution in [0.25, 0.3) is 5.57 Å². The normalized spacial score (nSPS) is 20.6. The molecule has 0 saturated heterocycles. The van der Waals surface area contributed by atoms with Crippen molar-refractivity contribution >= 4 is 11.7 Å². The summed E-state index contributed by atoms with van der Waals surface area (Å²) in [5.41, 5.74) is 10.3. The standard InChI is InChI=1S/C15H15NO2/c16-15(17)18-9-14-12-7-3-1-5-10(12)11-6-2-4-8-13(11)14/h1,3-5,7-8,14H,2,6,9H2,(H2,16,17). The minimum atomic E-state index is -0.707. The summed E-state index contributed by atoms with van der Waals surface area (Å²) >= 11 is 0. The summed E-state index contributed by atoms with van der Waals surface area (Å²) < 4.78 is 5.00. The molecule has 1 atom stereocenters. The molecular formula is C15H15NO2. The second-order valence-electron chi connectivity index (χ2n) is 4.64. The smallest absolute Gasteiger partial charge is 0.404 e. The maximum atomic E-state index is 10.8. The highest BCUT2D eigenvalue weighted by molar-refractivity contribution is 5.81. The molecule has 1 unspecified atom stereocenters. The molecule has 18 heavy (non-hydrogen) atoms. The summed E-state index contributed by atoms with van der Waals surface area (Å²) in [6.45, 7) is 0.329. The number of ether oxygens (including phenoxy) is 1. The van der Waals surface area contributed by atoms with Crippen LogP contribution in [0.4, 0.5) is 4.79 Å². The van der Waals surface area contributed by atoms with E-state index in [2.05, 4.69) is 30.4 Å². The second kappa shape index (κ2) is 4.33. The topological polar surface area (TPSA) is 52.3 Å². The Morgan fingerprint density at radius 1 is 1.39 bits per heavy atom. The van der Waals surface area contributed by atoms with Gasteiger partial charge in [-0.25, -0.2) is 4.79 Å². The van der Waals surface area contributed by atoms with Crippen molar-refractivity contribution in [3.05, 3.63) is 53.1 Å². The molecule has 92 valence electrons. The van der Waals surface area contributed by atoms with E-state index in [-0.39, 0.29) is 5.92 Å². The summed E-state index contributed by atoms with van der Waals surface area (Å²) in [4.78, 5) is 10.8. The van der Waals surface area contributed by atoms with Crippen LogP contribution in [0.1, 0.15) is 29.9 Å². The highest BCUT2D eigenvalue weighted by Crippen LogP contribution is 2.46. The van der Waals surface area contributed by atoms with Crippen molar-refractivity contribution in [2.45, 2.75) is 18.8 Å². The van der Waals surface area contributed by atoms with E-state index < -0.39 is 6.09 Å². The Bertz CT molecular complexity index is 557. The minimum absolute atomic E-state index is 0.139. The number of hydrogen-bond acceptors (Lipinski definition) is 2. The molecule has 0 radical (unpaired) electrons. The van der Waals surface area contributed by atoms with Crippen LogP contribution < -0.4 is 5.73 Å². The summed E-state index contributed by atoms with van der Waals surface area (Å²) in [5, 5.41) is 0. The van der Waals surface area contributed by atoms with E-state index in [4.69, 9.17) is 10.5 Å². The average molecular weight is 241 g/mol. The van der Waals surface area contributed by atoms with Crippen molar-refractivity contribution in [3.63, 3.8) is 0 Å². The highest BCUT2D eigenvalue weighted by Gasteiger charge is 2.30. The number of carbonyl (C=O) groups is 1. The van der Waals surface area contributed by atoms with Crippen LogP contribution in [-0.2, 0) is 4.74 Å². The maximum absolute atomic E-state index is 10.8. The molecule has 1 amide bonds. The molecule has 0 aromatic heterocycles. The average Bonchev–Trinajstić information content (AvgIpc) is 2.71. The van der Waals surface area contributed by atoms with E-state index in [0.29, 0.717) is 6.61 Å². The molecule has 0 saturated carbocycles. The molecule has 3 rings (SSSR count). The van der Waals surface area contributed by atoms with Crippen LogP contribution in [0.15, 0.2) is 42.0 Å².